The lowest BCUT2D eigenvalue weighted by molar-refractivity contribution is -0.387. The summed E-state index contributed by atoms with van der Waals surface area (Å²) >= 11 is 0. The highest BCUT2D eigenvalue weighted by Gasteiger charge is 2.26. The first-order chi connectivity index (χ1) is 10.0. The molecule has 1 amide bonds. The van der Waals surface area contributed by atoms with Crippen molar-refractivity contribution in [1.29, 1.82) is 0 Å². The molecule has 1 aliphatic rings. The highest BCUT2D eigenvalue weighted by atomic mass is 19.1. The zero-order chi connectivity index (χ0) is 15.4. The maximum atomic E-state index is 13.8. The number of morpholine rings is 1. The van der Waals surface area contributed by atoms with Gasteiger partial charge in [-0.25, -0.2) is 4.39 Å². The molecule has 0 aliphatic carbocycles. The normalized spacial score (nSPS) is 18.3. The van der Waals surface area contributed by atoms with E-state index in [4.69, 9.17) is 4.74 Å². The number of nitrogens with zero attached hydrogens (tertiary/aromatic N) is 1. The molecule has 1 aromatic rings. The molecule has 0 aromatic heterocycles. The Bertz CT molecular complexity index is 562. The van der Waals surface area contributed by atoms with Gasteiger partial charge in [-0.15, -0.1) is 0 Å². The largest absolute Gasteiger partial charge is 0.378 e. The third kappa shape index (κ3) is 3.50. The number of amides is 1. The van der Waals surface area contributed by atoms with Crippen molar-refractivity contribution in [1.82, 2.24) is 10.6 Å². The number of ether oxygens (including phenoxy) is 1. The minimum atomic E-state index is -1.48. The highest BCUT2D eigenvalue weighted by molar-refractivity contribution is 5.95. The van der Waals surface area contributed by atoms with E-state index in [0.29, 0.717) is 31.9 Å². The first kappa shape index (κ1) is 15.3. The van der Waals surface area contributed by atoms with Gasteiger partial charge in [0.05, 0.1) is 18.1 Å². The highest BCUT2D eigenvalue weighted by Crippen LogP contribution is 2.22. The molecule has 1 aromatic carbocycles. The van der Waals surface area contributed by atoms with E-state index in [2.05, 4.69) is 10.6 Å². The van der Waals surface area contributed by atoms with E-state index >= 15 is 0 Å². The summed E-state index contributed by atoms with van der Waals surface area (Å²) in [5, 5.41) is 16.0. The van der Waals surface area contributed by atoms with Crippen LogP contribution in [0.5, 0.6) is 0 Å². The number of hydrogen-bond acceptors (Lipinski definition) is 5. The van der Waals surface area contributed by atoms with Crippen LogP contribution in [0.25, 0.3) is 0 Å². The topological polar surface area (TPSA) is 93.5 Å². The van der Waals surface area contributed by atoms with Crippen molar-refractivity contribution in [2.45, 2.75) is 6.04 Å². The number of carbonyl (C=O) groups excluding carboxylic acids is 1. The fourth-order valence-electron chi connectivity index (χ4n) is 1.95. The first-order valence-electron chi connectivity index (χ1n) is 6.22. The van der Waals surface area contributed by atoms with Gasteiger partial charge >= 0.3 is 5.69 Å². The summed E-state index contributed by atoms with van der Waals surface area (Å²) in [6.45, 7) is 1.62. The number of hydrogen-bond donors (Lipinski definition) is 2. The van der Waals surface area contributed by atoms with Crippen LogP contribution in [0.15, 0.2) is 12.1 Å². The molecule has 9 heteroatoms. The summed E-state index contributed by atoms with van der Waals surface area (Å²) in [6, 6.07) is 1.20. The Morgan fingerprint density at radius 2 is 2.29 bits per heavy atom. The van der Waals surface area contributed by atoms with Crippen LogP contribution >= 0.6 is 0 Å². The van der Waals surface area contributed by atoms with E-state index in [-0.39, 0.29) is 12.6 Å². The number of benzene rings is 1. The average molecular weight is 301 g/mol. The molecule has 21 heavy (non-hydrogen) atoms. The lowest BCUT2D eigenvalue weighted by atomic mass is 10.1. The van der Waals surface area contributed by atoms with Crippen molar-refractivity contribution >= 4 is 11.6 Å². The standard InChI is InChI=1S/C12H13F2N3O4/c13-8-1-2-9(17(19)20)11(14)10(8)12(18)16-5-7-6-21-4-3-15-7/h1-2,7,15H,3-6H2,(H,16,18). The van der Waals surface area contributed by atoms with Crippen molar-refractivity contribution < 1.29 is 23.2 Å². The van der Waals surface area contributed by atoms with Gasteiger partial charge in [0.1, 0.15) is 11.4 Å². The molecule has 114 valence electrons. The average Bonchev–Trinajstić information content (AvgIpc) is 2.46. The van der Waals surface area contributed by atoms with Crippen LogP contribution in [0.1, 0.15) is 10.4 Å². The summed E-state index contributed by atoms with van der Waals surface area (Å²) in [5.74, 6) is -3.67. The Hall–Kier alpha value is -2.13. The summed E-state index contributed by atoms with van der Waals surface area (Å²) in [4.78, 5) is 21.4. The zero-order valence-corrected chi connectivity index (χ0v) is 10.9. The van der Waals surface area contributed by atoms with Crippen molar-refractivity contribution in [3.8, 4) is 0 Å². The Morgan fingerprint density at radius 3 is 2.90 bits per heavy atom. The quantitative estimate of drug-likeness (QED) is 0.627. The second-order valence-corrected chi connectivity index (χ2v) is 4.45. The smallest absolute Gasteiger partial charge is 0.305 e. The van der Waals surface area contributed by atoms with Gasteiger partial charge in [0.25, 0.3) is 5.91 Å². The molecule has 2 N–H and O–H groups in total. The van der Waals surface area contributed by atoms with Crippen LogP contribution in [-0.4, -0.2) is 43.2 Å². The van der Waals surface area contributed by atoms with Crippen LogP contribution in [0.4, 0.5) is 14.5 Å². The van der Waals surface area contributed by atoms with E-state index in [0.717, 1.165) is 0 Å². The van der Waals surface area contributed by atoms with Gasteiger partial charge in [-0.3, -0.25) is 14.9 Å². The number of nitrogens with one attached hydrogen (secondary N) is 2. The van der Waals surface area contributed by atoms with E-state index in [1.165, 1.54) is 0 Å². The number of nitro benzene ring substituents is 1. The third-order valence-electron chi connectivity index (χ3n) is 3.00. The van der Waals surface area contributed by atoms with E-state index < -0.39 is 33.7 Å². The predicted octanol–water partition coefficient (Wildman–Crippen LogP) is 0.591. The molecule has 1 saturated heterocycles. The van der Waals surface area contributed by atoms with Gasteiger partial charge < -0.3 is 15.4 Å². The molecule has 1 atom stereocenters. The lowest BCUT2D eigenvalue weighted by Gasteiger charge is -2.23. The van der Waals surface area contributed by atoms with Crippen molar-refractivity contribution in [3.05, 3.63) is 39.4 Å². The number of rotatable bonds is 4. The molecule has 0 saturated carbocycles. The van der Waals surface area contributed by atoms with Gasteiger partial charge in [-0.1, -0.05) is 0 Å². The zero-order valence-electron chi connectivity index (χ0n) is 10.9. The fourth-order valence-corrected chi connectivity index (χ4v) is 1.95. The minimum Gasteiger partial charge on any atom is -0.378 e. The van der Waals surface area contributed by atoms with Gasteiger partial charge in [-0.2, -0.15) is 4.39 Å². The fraction of sp³-hybridized carbons (Fsp3) is 0.417. The van der Waals surface area contributed by atoms with Gasteiger partial charge in [-0.05, 0) is 6.07 Å². The SMILES string of the molecule is O=C(NCC1COCCN1)c1c(F)ccc([N+](=O)[O-])c1F. The van der Waals surface area contributed by atoms with E-state index in [9.17, 15) is 23.7 Å². The molecular formula is C12H13F2N3O4. The minimum absolute atomic E-state index is 0.0976. The molecule has 1 unspecified atom stereocenters. The summed E-state index contributed by atoms with van der Waals surface area (Å²) in [5.41, 5.74) is -1.90. The number of carbonyl (C=O) groups is 1. The molecule has 0 radical (unpaired) electrons. The van der Waals surface area contributed by atoms with Crippen LogP contribution < -0.4 is 10.6 Å². The van der Waals surface area contributed by atoms with E-state index in [1.807, 2.05) is 0 Å². The predicted molar refractivity (Wildman–Crippen MR) is 68.0 cm³/mol. The maximum absolute atomic E-state index is 13.8. The monoisotopic (exact) mass is 301 g/mol. The van der Waals surface area contributed by atoms with Crippen molar-refractivity contribution in [2.24, 2.45) is 0 Å². The molecule has 1 aliphatic heterocycles. The number of nitro groups is 1. The molecule has 0 spiro atoms. The maximum Gasteiger partial charge on any atom is 0.305 e. The Morgan fingerprint density at radius 1 is 1.52 bits per heavy atom. The third-order valence-corrected chi connectivity index (χ3v) is 3.00. The molecular weight excluding hydrogens is 288 g/mol. The summed E-state index contributed by atoms with van der Waals surface area (Å²) in [7, 11) is 0. The van der Waals surface area contributed by atoms with Crippen molar-refractivity contribution in [3.63, 3.8) is 0 Å². The van der Waals surface area contributed by atoms with Crippen LogP contribution in [0.3, 0.4) is 0 Å². The molecule has 2 rings (SSSR count). The molecule has 1 fully saturated rings. The van der Waals surface area contributed by atoms with Gasteiger partial charge in [0, 0.05) is 25.2 Å². The van der Waals surface area contributed by atoms with E-state index in [1.54, 1.807) is 0 Å². The van der Waals surface area contributed by atoms with Gasteiger partial charge in [0.2, 0.25) is 5.82 Å². The molecule has 0 bridgehead atoms. The van der Waals surface area contributed by atoms with Crippen LogP contribution in [0, 0.1) is 21.7 Å². The van der Waals surface area contributed by atoms with Crippen LogP contribution in [0.2, 0.25) is 0 Å². The molecule has 7 nitrogen and oxygen atoms in total. The summed E-state index contributed by atoms with van der Waals surface area (Å²) < 4.78 is 32.5. The lowest BCUT2D eigenvalue weighted by Crippen LogP contribution is -2.48. The van der Waals surface area contributed by atoms with Crippen molar-refractivity contribution in [2.75, 3.05) is 26.3 Å². The first-order valence-corrected chi connectivity index (χ1v) is 6.22. The van der Waals surface area contributed by atoms with Gasteiger partial charge in [0.15, 0.2) is 0 Å². The Balaban J connectivity index is 2.11. The Kier molecular flexibility index (Phi) is 4.76. The number of halogens is 2. The second-order valence-electron chi connectivity index (χ2n) is 4.45. The second kappa shape index (κ2) is 6.55. The molecule has 1 heterocycles. The van der Waals surface area contributed by atoms with Crippen LogP contribution in [-0.2, 0) is 4.74 Å². The summed E-state index contributed by atoms with van der Waals surface area (Å²) in [6.07, 6.45) is 0. The Labute approximate surface area is 118 Å².